The molecule has 16 heavy (non-hydrogen) atoms. The molecule has 0 saturated carbocycles. The van der Waals surface area contributed by atoms with Crippen LogP contribution in [0.1, 0.15) is 0 Å². The highest BCUT2D eigenvalue weighted by Crippen LogP contribution is 2.25. The quantitative estimate of drug-likeness (QED) is 0.423. The maximum Gasteiger partial charge on any atom is 0.229 e. The number of para-hydroxylation sites is 2. The Kier molecular flexibility index (Phi) is 1.71. The lowest BCUT2D eigenvalue weighted by Crippen LogP contribution is -2.22. The predicted molar refractivity (Wildman–Crippen MR) is 57.6 cm³/mol. The fourth-order valence-corrected chi connectivity index (χ4v) is 1.54. The highest BCUT2D eigenvalue weighted by molar-refractivity contribution is 5.72. The van der Waals surface area contributed by atoms with E-state index in [4.69, 9.17) is 8.83 Å². The Balaban J connectivity index is 2.53. The van der Waals surface area contributed by atoms with Gasteiger partial charge >= 0.3 is 0 Å². The average molecular weight is 214 g/mol. The van der Waals surface area contributed by atoms with Crippen LogP contribution in [0.15, 0.2) is 54.8 Å². The molecule has 0 aromatic heterocycles. The molecule has 0 saturated heterocycles. The molecule has 0 unspecified atom stereocenters. The summed E-state index contributed by atoms with van der Waals surface area (Å²) in [7, 11) is 0. The van der Waals surface area contributed by atoms with Crippen molar-refractivity contribution >= 4 is 11.2 Å². The standard InChI is InChI=1S/C12H6O4/c13-7-5-11-12(6-8(7)14)16-10-4-2-1-3-9(10)15-11/h1-6H. The minimum atomic E-state index is -0.596. The Bertz CT molecular complexity index is 686. The van der Waals surface area contributed by atoms with E-state index in [1.54, 1.807) is 24.3 Å². The van der Waals surface area contributed by atoms with E-state index in [-0.39, 0.29) is 11.5 Å². The molecule has 2 aliphatic rings. The maximum atomic E-state index is 11.2. The van der Waals surface area contributed by atoms with Crippen LogP contribution in [0.5, 0.6) is 0 Å². The first kappa shape index (κ1) is 8.91. The molecule has 0 bridgehead atoms. The largest absolute Gasteiger partial charge is 0.449 e. The fourth-order valence-electron chi connectivity index (χ4n) is 1.54. The van der Waals surface area contributed by atoms with Gasteiger partial charge in [0.25, 0.3) is 0 Å². The summed E-state index contributed by atoms with van der Waals surface area (Å²) >= 11 is 0. The van der Waals surface area contributed by atoms with Crippen molar-refractivity contribution < 1.29 is 8.83 Å². The first-order valence-corrected chi connectivity index (χ1v) is 4.71. The summed E-state index contributed by atoms with van der Waals surface area (Å²) in [5, 5.41) is 0. The molecule has 3 rings (SSSR count). The maximum absolute atomic E-state index is 11.2. The number of rotatable bonds is 0. The zero-order valence-corrected chi connectivity index (χ0v) is 8.10. The average Bonchev–Trinajstić information content (AvgIpc) is 2.28. The molecule has 4 nitrogen and oxygen atoms in total. The predicted octanol–water partition coefficient (Wildman–Crippen LogP) is 1.85. The van der Waals surface area contributed by atoms with Crippen LogP contribution >= 0.6 is 0 Å². The molecule has 0 fully saturated rings. The Morgan fingerprint density at radius 3 is 1.62 bits per heavy atom. The molecule has 0 N–H and O–H groups in total. The molecule has 1 aromatic rings. The van der Waals surface area contributed by atoms with Crippen molar-refractivity contribution in [2.45, 2.75) is 0 Å². The second-order valence-electron chi connectivity index (χ2n) is 3.40. The van der Waals surface area contributed by atoms with Gasteiger partial charge in [-0.2, -0.15) is 0 Å². The van der Waals surface area contributed by atoms with E-state index in [1.165, 1.54) is 0 Å². The lowest BCUT2D eigenvalue weighted by Gasteiger charge is -2.04. The summed E-state index contributed by atoms with van der Waals surface area (Å²) in [4.78, 5) is 22.3. The van der Waals surface area contributed by atoms with Gasteiger partial charge in [0.1, 0.15) is 0 Å². The summed E-state index contributed by atoms with van der Waals surface area (Å²) in [6.45, 7) is 0. The minimum Gasteiger partial charge on any atom is -0.449 e. The van der Waals surface area contributed by atoms with Crippen LogP contribution in [0.2, 0.25) is 0 Å². The summed E-state index contributed by atoms with van der Waals surface area (Å²) < 4.78 is 10.9. The zero-order valence-electron chi connectivity index (χ0n) is 8.10. The molecule has 78 valence electrons. The summed E-state index contributed by atoms with van der Waals surface area (Å²) in [6.07, 6.45) is 0. The molecule has 0 radical (unpaired) electrons. The molecular weight excluding hydrogens is 208 g/mol. The van der Waals surface area contributed by atoms with Crippen LogP contribution < -0.4 is 10.9 Å². The molecule has 0 atom stereocenters. The first-order valence-electron chi connectivity index (χ1n) is 4.71. The van der Waals surface area contributed by atoms with E-state index in [1.807, 2.05) is 0 Å². The SMILES string of the molecule is O=c1cc2oc3ccccc3oc-2cc1=O. The molecular formula is C12H6O4. The molecule has 0 amide bonds. The first-order chi connectivity index (χ1) is 7.74. The smallest absolute Gasteiger partial charge is 0.229 e. The molecule has 1 heterocycles. The van der Waals surface area contributed by atoms with Crippen LogP contribution in [0, 0.1) is 0 Å². The van der Waals surface area contributed by atoms with Crippen LogP contribution in [0.4, 0.5) is 0 Å². The van der Waals surface area contributed by atoms with Crippen LogP contribution in [-0.2, 0) is 0 Å². The van der Waals surface area contributed by atoms with Gasteiger partial charge in [-0.1, -0.05) is 12.1 Å². The van der Waals surface area contributed by atoms with E-state index in [2.05, 4.69) is 0 Å². The van der Waals surface area contributed by atoms with Gasteiger partial charge in [0.15, 0.2) is 22.7 Å². The van der Waals surface area contributed by atoms with Gasteiger partial charge in [0.2, 0.25) is 10.9 Å². The second-order valence-corrected chi connectivity index (χ2v) is 3.40. The zero-order chi connectivity index (χ0) is 11.1. The van der Waals surface area contributed by atoms with Crippen molar-refractivity contribution in [3.8, 4) is 11.5 Å². The Morgan fingerprint density at radius 1 is 0.750 bits per heavy atom. The minimum absolute atomic E-state index is 0.281. The Morgan fingerprint density at radius 2 is 1.19 bits per heavy atom. The number of hydrogen-bond donors (Lipinski definition) is 0. The molecule has 1 aliphatic heterocycles. The molecule has 4 heteroatoms. The molecule has 1 aliphatic carbocycles. The number of hydrogen-bond acceptors (Lipinski definition) is 4. The Labute approximate surface area is 89.1 Å². The third-order valence-electron chi connectivity index (χ3n) is 2.30. The van der Waals surface area contributed by atoms with Crippen molar-refractivity contribution in [1.82, 2.24) is 0 Å². The topological polar surface area (TPSA) is 60.4 Å². The normalized spacial score (nSPS) is 11.0. The summed E-state index contributed by atoms with van der Waals surface area (Å²) in [5.41, 5.74) is -0.121. The monoisotopic (exact) mass is 214 g/mol. The number of benzene rings is 2. The van der Waals surface area contributed by atoms with Crippen molar-refractivity contribution in [3.63, 3.8) is 0 Å². The van der Waals surface area contributed by atoms with Gasteiger partial charge in [-0.15, -0.1) is 0 Å². The second kappa shape index (κ2) is 3.06. The van der Waals surface area contributed by atoms with Crippen molar-refractivity contribution in [3.05, 3.63) is 56.8 Å². The van der Waals surface area contributed by atoms with Gasteiger partial charge < -0.3 is 8.83 Å². The third kappa shape index (κ3) is 1.24. The lowest BCUT2D eigenvalue weighted by molar-refractivity contribution is 0.521. The van der Waals surface area contributed by atoms with Gasteiger partial charge in [0, 0.05) is 12.1 Å². The van der Waals surface area contributed by atoms with Gasteiger partial charge in [0.05, 0.1) is 0 Å². The van der Waals surface area contributed by atoms with Crippen molar-refractivity contribution in [2.24, 2.45) is 0 Å². The van der Waals surface area contributed by atoms with Crippen LogP contribution in [-0.4, -0.2) is 0 Å². The fraction of sp³-hybridized carbons (Fsp3) is 0. The van der Waals surface area contributed by atoms with E-state index in [9.17, 15) is 9.59 Å². The van der Waals surface area contributed by atoms with Crippen molar-refractivity contribution in [1.29, 1.82) is 0 Å². The summed E-state index contributed by atoms with van der Waals surface area (Å²) in [5.74, 6) is 0.562. The van der Waals surface area contributed by atoms with Gasteiger partial charge in [-0.05, 0) is 12.1 Å². The molecule has 1 aromatic carbocycles. The molecule has 0 spiro atoms. The van der Waals surface area contributed by atoms with E-state index < -0.39 is 10.9 Å². The van der Waals surface area contributed by atoms with E-state index >= 15 is 0 Å². The van der Waals surface area contributed by atoms with Gasteiger partial charge in [-0.25, -0.2) is 0 Å². The van der Waals surface area contributed by atoms with Crippen LogP contribution in [0.25, 0.3) is 22.7 Å². The Hall–Kier alpha value is -2.36. The van der Waals surface area contributed by atoms with E-state index in [0.29, 0.717) is 11.2 Å². The summed E-state index contributed by atoms with van der Waals surface area (Å²) in [6, 6.07) is 9.35. The highest BCUT2D eigenvalue weighted by atomic mass is 16.4. The van der Waals surface area contributed by atoms with Gasteiger partial charge in [-0.3, -0.25) is 9.59 Å². The number of fused-ring (bicyclic) bond motifs is 2. The van der Waals surface area contributed by atoms with E-state index in [0.717, 1.165) is 12.1 Å². The lowest BCUT2D eigenvalue weighted by atomic mass is 10.2. The highest BCUT2D eigenvalue weighted by Gasteiger charge is 2.11. The van der Waals surface area contributed by atoms with Crippen molar-refractivity contribution in [2.75, 3.05) is 0 Å². The third-order valence-corrected chi connectivity index (χ3v) is 2.30. The van der Waals surface area contributed by atoms with Crippen LogP contribution in [0.3, 0.4) is 0 Å².